The molecular formula is C18H23FN2O4. The third kappa shape index (κ3) is 3.82. The third-order valence-corrected chi connectivity index (χ3v) is 4.90. The summed E-state index contributed by atoms with van der Waals surface area (Å²) in [5.74, 6) is -1.28. The van der Waals surface area contributed by atoms with Gasteiger partial charge in [-0.3, -0.25) is 14.5 Å². The Morgan fingerprint density at radius 1 is 1.40 bits per heavy atom. The monoisotopic (exact) mass is 350 g/mol. The van der Waals surface area contributed by atoms with E-state index in [9.17, 15) is 14.0 Å². The highest BCUT2D eigenvalue weighted by Gasteiger charge is 2.54. The maximum Gasteiger partial charge on any atom is 0.317 e. The van der Waals surface area contributed by atoms with Crippen LogP contribution >= 0.6 is 0 Å². The van der Waals surface area contributed by atoms with E-state index in [1.807, 2.05) is 0 Å². The molecule has 6 nitrogen and oxygen atoms in total. The minimum Gasteiger partial charge on any atom is -0.480 e. The van der Waals surface area contributed by atoms with Gasteiger partial charge in [0.15, 0.2) is 0 Å². The zero-order chi connectivity index (χ0) is 18.0. The predicted octanol–water partition coefficient (Wildman–Crippen LogP) is 1.10. The number of aliphatic carboxylic acids is 1. The number of likely N-dealkylation sites (N-methyl/N-ethyl adjacent to an activating group) is 1. The summed E-state index contributed by atoms with van der Waals surface area (Å²) in [5, 5.41) is 8.84. The highest BCUT2D eigenvalue weighted by atomic mass is 19.1. The third-order valence-electron chi connectivity index (χ3n) is 4.90. The molecule has 1 aliphatic heterocycles. The smallest absolute Gasteiger partial charge is 0.317 e. The van der Waals surface area contributed by atoms with Crippen LogP contribution < -0.4 is 0 Å². The first-order chi connectivity index (χ1) is 11.9. The molecule has 0 spiro atoms. The number of carbonyl (C=O) groups is 2. The molecule has 1 unspecified atom stereocenters. The van der Waals surface area contributed by atoms with Crippen LogP contribution in [-0.4, -0.2) is 72.7 Å². The van der Waals surface area contributed by atoms with Crippen molar-refractivity contribution >= 4 is 11.9 Å². The molecule has 1 saturated heterocycles. The van der Waals surface area contributed by atoms with E-state index in [4.69, 9.17) is 9.84 Å². The normalized spacial score (nSPS) is 22.0. The molecule has 1 saturated carbocycles. The molecule has 7 heteroatoms. The zero-order valence-corrected chi connectivity index (χ0v) is 14.3. The van der Waals surface area contributed by atoms with E-state index in [1.165, 1.54) is 6.07 Å². The van der Waals surface area contributed by atoms with E-state index >= 15 is 0 Å². The maximum atomic E-state index is 14.2. The van der Waals surface area contributed by atoms with Crippen molar-refractivity contribution in [1.29, 1.82) is 0 Å². The highest BCUT2D eigenvalue weighted by Crippen LogP contribution is 2.50. The number of hydrogen-bond donors (Lipinski definition) is 1. The van der Waals surface area contributed by atoms with Gasteiger partial charge in [-0.1, -0.05) is 18.2 Å². The molecule has 1 N–H and O–H groups in total. The van der Waals surface area contributed by atoms with Gasteiger partial charge in [-0.2, -0.15) is 0 Å². The van der Waals surface area contributed by atoms with Crippen molar-refractivity contribution in [2.24, 2.45) is 0 Å². The molecule has 25 heavy (non-hydrogen) atoms. The Labute approximate surface area is 146 Å². The first kappa shape index (κ1) is 17.8. The van der Waals surface area contributed by atoms with Crippen LogP contribution in [0.1, 0.15) is 18.4 Å². The maximum absolute atomic E-state index is 14.2. The van der Waals surface area contributed by atoms with Gasteiger partial charge in [0.05, 0.1) is 24.7 Å². The second-order valence-corrected chi connectivity index (χ2v) is 6.90. The lowest BCUT2D eigenvalue weighted by molar-refractivity contribution is -0.144. The summed E-state index contributed by atoms with van der Waals surface area (Å²) < 4.78 is 19.8. The second kappa shape index (κ2) is 7.09. The summed E-state index contributed by atoms with van der Waals surface area (Å²) in [6.07, 6.45) is 1.08. The molecule has 1 aromatic rings. The van der Waals surface area contributed by atoms with Crippen molar-refractivity contribution in [3.8, 4) is 0 Å². The fourth-order valence-electron chi connectivity index (χ4n) is 3.53. The van der Waals surface area contributed by atoms with Crippen molar-refractivity contribution in [3.63, 3.8) is 0 Å². The van der Waals surface area contributed by atoms with Crippen LogP contribution in [0.25, 0.3) is 0 Å². The Bertz CT molecular complexity index is 662. The number of carboxylic acid groups (broad SMARTS) is 1. The van der Waals surface area contributed by atoms with Gasteiger partial charge in [0, 0.05) is 25.2 Å². The molecule has 1 heterocycles. The van der Waals surface area contributed by atoms with Crippen molar-refractivity contribution in [2.45, 2.75) is 24.4 Å². The van der Waals surface area contributed by atoms with Gasteiger partial charge >= 0.3 is 5.97 Å². The van der Waals surface area contributed by atoms with E-state index in [0.717, 1.165) is 0 Å². The molecule has 1 aliphatic carbocycles. The summed E-state index contributed by atoms with van der Waals surface area (Å²) in [4.78, 5) is 27.2. The van der Waals surface area contributed by atoms with Crippen molar-refractivity contribution in [1.82, 2.24) is 9.80 Å². The standard InChI is InChI=1S/C18H23FN2O4/c1-20(12-16(22)23)10-13-11-21(8-9-25-13)17(24)18(6-7-18)14-4-2-3-5-15(14)19/h2-5,13H,6-12H2,1H3,(H,22,23). The lowest BCUT2D eigenvalue weighted by Gasteiger charge is -2.36. The zero-order valence-electron chi connectivity index (χ0n) is 14.3. The number of carbonyl (C=O) groups excluding carboxylic acids is 1. The van der Waals surface area contributed by atoms with Crippen LogP contribution in [0, 0.1) is 5.82 Å². The first-order valence-corrected chi connectivity index (χ1v) is 8.49. The number of morpholine rings is 1. The molecule has 0 radical (unpaired) electrons. The van der Waals surface area contributed by atoms with Gasteiger partial charge in [-0.05, 0) is 26.0 Å². The number of nitrogens with zero attached hydrogens (tertiary/aromatic N) is 2. The number of halogens is 1. The van der Waals surface area contributed by atoms with Gasteiger partial charge in [0.2, 0.25) is 5.91 Å². The van der Waals surface area contributed by atoms with Crippen LogP contribution in [0.2, 0.25) is 0 Å². The SMILES string of the molecule is CN(CC(=O)O)CC1CN(C(=O)C2(c3ccccc3F)CC2)CCO1. The number of ether oxygens (including phenoxy) is 1. The van der Waals surface area contributed by atoms with Crippen molar-refractivity contribution in [3.05, 3.63) is 35.6 Å². The minimum absolute atomic E-state index is 0.0493. The number of benzene rings is 1. The fourth-order valence-corrected chi connectivity index (χ4v) is 3.53. The van der Waals surface area contributed by atoms with E-state index in [-0.39, 0.29) is 24.4 Å². The molecule has 1 aromatic carbocycles. The first-order valence-electron chi connectivity index (χ1n) is 8.49. The van der Waals surface area contributed by atoms with Crippen LogP contribution in [0.3, 0.4) is 0 Å². The average Bonchev–Trinajstić information content (AvgIpc) is 3.35. The Morgan fingerprint density at radius 2 is 2.12 bits per heavy atom. The molecule has 3 rings (SSSR count). The Kier molecular flexibility index (Phi) is 5.06. The molecule has 136 valence electrons. The number of rotatable bonds is 6. The van der Waals surface area contributed by atoms with Crippen molar-refractivity contribution < 1.29 is 23.8 Å². The van der Waals surface area contributed by atoms with E-state index in [2.05, 4.69) is 0 Å². The number of amides is 1. The lowest BCUT2D eigenvalue weighted by Crippen LogP contribution is -2.52. The van der Waals surface area contributed by atoms with Crippen molar-refractivity contribution in [2.75, 3.05) is 39.8 Å². The van der Waals surface area contributed by atoms with E-state index in [0.29, 0.717) is 44.6 Å². The van der Waals surface area contributed by atoms with Gasteiger partial charge < -0.3 is 14.7 Å². The van der Waals surface area contributed by atoms with Gasteiger partial charge in [-0.25, -0.2) is 4.39 Å². The summed E-state index contributed by atoms with van der Waals surface area (Å²) in [6, 6.07) is 6.47. The lowest BCUT2D eigenvalue weighted by atomic mass is 9.93. The van der Waals surface area contributed by atoms with E-state index < -0.39 is 11.4 Å². The molecule has 1 amide bonds. The molecule has 2 fully saturated rings. The van der Waals surface area contributed by atoms with Crippen LogP contribution in [0.4, 0.5) is 4.39 Å². The van der Waals surface area contributed by atoms with Crippen LogP contribution in [0.5, 0.6) is 0 Å². The largest absolute Gasteiger partial charge is 0.480 e. The Hall–Kier alpha value is -1.99. The number of carboxylic acids is 1. The molecular weight excluding hydrogens is 327 g/mol. The molecule has 2 aliphatic rings. The Morgan fingerprint density at radius 3 is 2.76 bits per heavy atom. The van der Waals surface area contributed by atoms with Gasteiger partial charge in [0.1, 0.15) is 5.82 Å². The van der Waals surface area contributed by atoms with E-state index in [1.54, 1.807) is 35.0 Å². The summed E-state index contributed by atoms with van der Waals surface area (Å²) >= 11 is 0. The second-order valence-electron chi connectivity index (χ2n) is 6.90. The molecule has 0 aromatic heterocycles. The predicted molar refractivity (Wildman–Crippen MR) is 88.8 cm³/mol. The fraction of sp³-hybridized carbons (Fsp3) is 0.556. The summed E-state index contributed by atoms with van der Waals surface area (Å²) in [7, 11) is 1.71. The molecule has 0 bridgehead atoms. The average molecular weight is 350 g/mol. The topological polar surface area (TPSA) is 70.1 Å². The van der Waals surface area contributed by atoms with Gasteiger partial charge in [0.25, 0.3) is 0 Å². The highest BCUT2D eigenvalue weighted by molar-refractivity contribution is 5.91. The number of hydrogen-bond acceptors (Lipinski definition) is 4. The van der Waals surface area contributed by atoms with Gasteiger partial charge in [-0.15, -0.1) is 0 Å². The summed E-state index contributed by atoms with van der Waals surface area (Å²) in [5.41, 5.74) is -0.258. The minimum atomic E-state index is -0.900. The van der Waals surface area contributed by atoms with Crippen LogP contribution in [0.15, 0.2) is 24.3 Å². The molecule has 1 atom stereocenters. The quantitative estimate of drug-likeness (QED) is 0.832. The summed E-state index contributed by atoms with van der Waals surface area (Å²) in [6.45, 7) is 1.65. The van der Waals surface area contributed by atoms with Crippen LogP contribution in [-0.2, 0) is 19.7 Å². The Balaban J connectivity index is 1.66.